The molecule has 33 heavy (non-hydrogen) atoms. The van der Waals surface area contributed by atoms with Gasteiger partial charge >= 0.3 is 0 Å². The molecule has 4 aromatic rings. The van der Waals surface area contributed by atoms with Crippen molar-refractivity contribution in [1.29, 1.82) is 0 Å². The van der Waals surface area contributed by atoms with Crippen molar-refractivity contribution in [2.45, 2.75) is 0 Å². The van der Waals surface area contributed by atoms with E-state index in [-0.39, 0.29) is 56.2 Å². The maximum atomic E-state index is 14.3. The van der Waals surface area contributed by atoms with Crippen LogP contribution < -0.4 is 4.74 Å². The number of rotatable bonds is 5. The van der Waals surface area contributed by atoms with Gasteiger partial charge in [-0.1, -0.05) is 64.2 Å². The number of amides is 2. The normalized spacial score (nSPS) is 13.2. The van der Waals surface area contributed by atoms with Gasteiger partial charge in [-0.05, 0) is 24.3 Å². The van der Waals surface area contributed by atoms with Crippen LogP contribution in [0.1, 0.15) is 20.7 Å². The van der Waals surface area contributed by atoms with E-state index in [0.717, 1.165) is 4.90 Å². The van der Waals surface area contributed by atoms with Gasteiger partial charge in [0.2, 0.25) is 0 Å². The van der Waals surface area contributed by atoms with Crippen LogP contribution in [0.5, 0.6) is 5.75 Å². The highest BCUT2D eigenvalue weighted by Crippen LogP contribution is 2.48. The predicted octanol–water partition coefficient (Wildman–Crippen LogP) is 6.27. The lowest BCUT2D eigenvalue weighted by molar-refractivity contribution is 0.0631. The summed E-state index contributed by atoms with van der Waals surface area (Å²) in [6.07, 6.45) is 0. The summed E-state index contributed by atoms with van der Waals surface area (Å²) in [5.74, 6) is -1.33. The molecule has 0 bridgehead atoms. The van der Waals surface area contributed by atoms with E-state index in [9.17, 15) is 14.0 Å². The Morgan fingerprint density at radius 2 is 1.48 bits per heavy atom. The van der Waals surface area contributed by atoms with Gasteiger partial charge in [-0.15, -0.1) is 0 Å². The fourth-order valence-corrected chi connectivity index (χ4v) is 4.53. The van der Waals surface area contributed by atoms with Crippen LogP contribution >= 0.6 is 34.8 Å². The lowest BCUT2D eigenvalue weighted by Gasteiger charge is -2.16. The van der Waals surface area contributed by atoms with Crippen LogP contribution in [0.4, 0.5) is 4.39 Å². The van der Waals surface area contributed by atoms with E-state index in [1.165, 1.54) is 12.1 Å². The van der Waals surface area contributed by atoms with E-state index < -0.39 is 17.6 Å². The number of hydrogen-bond acceptors (Lipinski definition) is 5. The second-order valence-electron chi connectivity index (χ2n) is 7.14. The van der Waals surface area contributed by atoms with Crippen LogP contribution in [0.2, 0.25) is 15.1 Å². The lowest BCUT2D eigenvalue weighted by atomic mass is 10.1. The molecule has 0 aliphatic carbocycles. The highest BCUT2D eigenvalue weighted by molar-refractivity contribution is 6.49. The minimum Gasteiger partial charge on any atom is -0.488 e. The summed E-state index contributed by atoms with van der Waals surface area (Å²) in [7, 11) is 0. The molecule has 0 atom stereocenters. The van der Waals surface area contributed by atoms with Crippen LogP contribution in [0.15, 0.2) is 53.1 Å². The van der Waals surface area contributed by atoms with E-state index in [4.69, 9.17) is 44.1 Å². The molecule has 0 saturated heterocycles. The minimum atomic E-state index is -0.516. The SMILES string of the molecule is O=C1c2ccccc2C(=O)N1CCOc1c(Cl)c(Cl)c2c(-c3ccccc3F)noc2c1Cl. The smallest absolute Gasteiger partial charge is 0.261 e. The molecule has 0 unspecified atom stereocenters. The maximum Gasteiger partial charge on any atom is 0.261 e. The molecule has 0 spiro atoms. The monoisotopic (exact) mass is 504 g/mol. The van der Waals surface area contributed by atoms with Gasteiger partial charge in [0.1, 0.15) is 28.2 Å². The number of imide groups is 1. The molecule has 0 fully saturated rings. The fourth-order valence-electron chi connectivity index (χ4n) is 3.70. The predicted molar refractivity (Wildman–Crippen MR) is 122 cm³/mol. The molecule has 2 amide bonds. The summed E-state index contributed by atoms with van der Waals surface area (Å²) in [6, 6.07) is 12.6. The second kappa shape index (κ2) is 8.33. The zero-order valence-corrected chi connectivity index (χ0v) is 18.8. The average molecular weight is 506 g/mol. The van der Waals surface area contributed by atoms with E-state index in [1.54, 1.807) is 36.4 Å². The third kappa shape index (κ3) is 3.44. The molecule has 1 aliphatic rings. The highest BCUT2D eigenvalue weighted by Gasteiger charge is 2.35. The third-order valence-corrected chi connectivity index (χ3v) is 6.45. The Balaban J connectivity index is 1.43. The Kier molecular flexibility index (Phi) is 5.48. The molecule has 0 radical (unpaired) electrons. The number of aromatic nitrogens is 1. The molecule has 1 aliphatic heterocycles. The topological polar surface area (TPSA) is 72.6 Å². The Bertz CT molecular complexity index is 1420. The second-order valence-corrected chi connectivity index (χ2v) is 8.28. The van der Waals surface area contributed by atoms with Crippen LogP contribution in [0.25, 0.3) is 22.2 Å². The van der Waals surface area contributed by atoms with Gasteiger partial charge in [0.05, 0.1) is 28.1 Å². The number of halogens is 4. The fraction of sp³-hybridized carbons (Fsp3) is 0.0870. The lowest BCUT2D eigenvalue weighted by Crippen LogP contribution is -2.33. The molecular formula is C23H12Cl3FN2O4. The Morgan fingerprint density at radius 1 is 0.879 bits per heavy atom. The van der Waals surface area contributed by atoms with Gasteiger partial charge in [-0.2, -0.15) is 0 Å². The first kappa shape index (κ1) is 21.7. The Labute approximate surface area is 201 Å². The summed E-state index contributed by atoms with van der Waals surface area (Å²) < 4.78 is 25.3. The summed E-state index contributed by atoms with van der Waals surface area (Å²) >= 11 is 19.3. The van der Waals surface area contributed by atoms with Gasteiger partial charge < -0.3 is 9.26 Å². The van der Waals surface area contributed by atoms with Crippen LogP contribution in [0, 0.1) is 5.82 Å². The van der Waals surface area contributed by atoms with E-state index in [1.807, 2.05) is 0 Å². The van der Waals surface area contributed by atoms with Crippen molar-refractivity contribution in [3.05, 3.63) is 80.5 Å². The molecule has 3 aromatic carbocycles. The molecule has 0 saturated carbocycles. The molecule has 6 nitrogen and oxygen atoms in total. The van der Waals surface area contributed by atoms with Crippen LogP contribution in [-0.4, -0.2) is 35.0 Å². The number of benzene rings is 3. The van der Waals surface area contributed by atoms with Crippen LogP contribution in [0.3, 0.4) is 0 Å². The van der Waals surface area contributed by atoms with Gasteiger partial charge in [0.25, 0.3) is 11.8 Å². The molecule has 2 heterocycles. The molecule has 5 rings (SSSR count). The molecule has 10 heteroatoms. The summed E-state index contributed by atoms with van der Waals surface area (Å²) in [5, 5.41) is 4.13. The average Bonchev–Trinajstić information content (AvgIpc) is 3.36. The number of nitrogens with zero attached hydrogens (tertiary/aromatic N) is 2. The Morgan fingerprint density at radius 3 is 2.12 bits per heavy atom. The number of carbonyl (C=O) groups is 2. The van der Waals surface area contributed by atoms with Gasteiger partial charge in [0, 0.05) is 5.56 Å². The highest BCUT2D eigenvalue weighted by atomic mass is 35.5. The summed E-state index contributed by atoms with van der Waals surface area (Å²) in [5.41, 5.74) is 1.06. The van der Waals surface area contributed by atoms with E-state index in [2.05, 4.69) is 5.16 Å². The zero-order valence-electron chi connectivity index (χ0n) is 16.6. The van der Waals surface area contributed by atoms with Crippen molar-refractivity contribution < 1.29 is 23.2 Å². The van der Waals surface area contributed by atoms with Crippen molar-refractivity contribution >= 4 is 57.6 Å². The quantitative estimate of drug-likeness (QED) is 0.236. The number of hydrogen-bond donors (Lipinski definition) is 0. The summed E-state index contributed by atoms with van der Waals surface area (Å²) in [6.45, 7) is -0.132. The van der Waals surface area contributed by atoms with E-state index in [0.29, 0.717) is 11.1 Å². The van der Waals surface area contributed by atoms with Crippen molar-refractivity contribution in [1.82, 2.24) is 10.1 Å². The van der Waals surface area contributed by atoms with Crippen molar-refractivity contribution in [2.24, 2.45) is 0 Å². The van der Waals surface area contributed by atoms with Crippen molar-refractivity contribution in [3.8, 4) is 17.0 Å². The number of fused-ring (bicyclic) bond motifs is 2. The summed E-state index contributed by atoms with van der Waals surface area (Å²) in [4.78, 5) is 26.1. The standard InChI is InChI=1S/C23H12Cl3FN2O4/c24-16-15-19(13-7-3-4-8-14(13)27)28-33-20(15)18(26)21(17(16)25)32-10-9-29-22(30)11-5-1-2-6-12(11)23(29)31/h1-8H,9-10H2. The van der Waals surface area contributed by atoms with Crippen LogP contribution in [-0.2, 0) is 0 Å². The van der Waals surface area contributed by atoms with Gasteiger partial charge in [0.15, 0.2) is 11.3 Å². The van der Waals surface area contributed by atoms with E-state index >= 15 is 0 Å². The van der Waals surface area contributed by atoms with Crippen molar-refractivity contribution in [2.75, 3.05) is 13.2 Å². The molecule has 1 aromatic heterocycles. The maximum absolute atomic E-state index is 14.3. The number of carbonyl (C=O) groups excluding carboxylic acids is 2. The van der Waals surface area contributed by atoms with Gasteiger partial charge in [-0.25, -0.2) is 4.39 Å². The molecule has 166 valence electrons. The third-order valence-electron chi connectivity index (χ3n) is 5.27. The Hall–Kier alpha value is -3.13. The first-order valence-corrected chi connectivity index (χ1v) is 10.8. The molecular weight excluding hydrogens is 494 g/mol. The zero-order chi connectivity index (χ0) is 23.3. The minimum absolute atomic E-state index is 0.00340. The first-order chi connectivity index (χ1) is 15.9. The number of ether oxygens (including phenoxy) is 1. The van der Waals surface area contributed by atoms with Gasteiger partial charge in [-0.3, -0.25) is 14.5 Å². The molecule has 0 N–H and O–H groups in total. The largest absolute Gasteiger partial charge is 0.488 e. The van der Waals surface area contributed by atoms with Crippen molar-refractivity contribution in [3.63, 3.8) is 0 Å². The first-order valence-electron chi connectivity index (χ1n) is 9.69.